The number of carbonyl (C=O) groups excluding carboxylic acids is 2. The number of para-hydroxylation sites is 2. The minimum atomic E-state index is -1.09. The van der Waals surface area contributed by atoms with Gasteiger partial charge in [0.25, 0.3) is 0 Å². The molecule has 0 aliphatic heterocycles. The summed E-state index contributed by atoms with van der Waals surface area (Å²) in [5.41, 5.74) is 1.34. The number of hydrogen-bond acceptors (Lipinski definition) is 6. The van der Waals surface area contributed by atoms with Gasteiger partial charge >= 0.3 is 37.7 Å². The van der Waals surface area contributed by atoms with Gasteiger partial charge in [0.15, 0.2) is 0 Å². The first kappa shape index (κ1) is 29.9. The van der Waals surface area contributed by atoms with E-state index in [1.165, 1.54) is 0 Å². The van der Waals surface area contributed by atoms with Crippen molar-refractivity contribution in [3.63, 3.8) is 0 Å². The van der Waals surface area contributed by atoms with Gasteiger partial charge in [-0.3, -0.25) is 0 Å². The zero-order chi connectivity index (χ0) is 25.9. The number of ether oxygens (including phenoxy) is 2. The van der Waals surface area contributed by atoms with Crippen LogP contribution in [0, 0.1) is 0 Å². The van der Waals surface area contributed by atoms with E-state index in [2.05, 4.69) is 0 Å². The van der Waals surface area contributed by atoms with E-state index in [9.17, 15) is 19.8 Å². The molecule has 4 aromatic carbocycles. The van der Waals surface area contributed by atoms with Crippen LogP contribution in [0.4, 0.5) is 0 Å². The van der Waals surface area contributed by atoms with Crippen LogP contribution in [0.2, 0.25) is 0 Å². The van der Waals surface area contributed by atoms with Gasteiger partial charge in [0, 0.05) is 23.8 Å². The monoisotopic (exact) mass is 522 g/mol. The van der Waals surface area contributed by atoms with Crippen LogP contribution in [0.1, 0.15) is 36.8 Å². The smallest absolute Gasteiger partial charge is 0.550 e. The quantitative estimate of drug-likeness (QED) is 0.320. The first-order valence-corrected chi connectivity index (χ1v) is 11.4. The van der Waals surface area contributed by atoms with Crippen molar-refractivity contribution in [2.75, 3.05) is 0 Å². The molecule has 6 nitrogen and oxygen atoms in total. The average molecular weight is 523 g/mol. The van der Waals surface area contributed by atoms with E-state index in [4.69, 9.17) is 9.47 Å². The molecule has 0 heterocycles. The van der Waals surface area contributed by atoms with E-state index in [0.29, 0.717) is 22.6 Å². The number of aliphatic carboxylic acids is 2. The summed E-state index contributed by atoms with van der Waals surface area (Å²) < 4.78 is 11.3. The summed E-state index contributed by atoms with van der Waals surface area (Å²) in [6, 6.07) is 32.7. The van der Waals surface area contributed by atoms with Gasteiger partial charge in [-0.25, -0.2) is 0 Å². The number of hydrogen-bond donors (Lipinski definition) is 0. The fourth-order valence-electron chi connectivity index (χ4n) is 3.22. The molecule has 0 saturated heterocycles. The Bertz CT molecular complexity index is 1180. The Hall–Kier alpha value is -3.32. The van der Waals surface area contributed by atoms with Gasteiger partial charge in [-0.2, -0.15) is 0 Å². The summed E-state index contributed by atoms with van der Waals surface area (Å²) in [4.78, 5) is 21.6. The minimum absolute atomic E-state index is 0. The first-order chi connectivity index (χ1) is 17.3. The van der Waals surface area contributed by atoms with Crippen LogP contribution in [-0.4, -0.2) is 49.7 Å². The van der Waals surface area contributed by atoms with Crippen molar-refractivity contribution in [2.24, 2.45) is 0 Å². The van der Waals surface area contributed by atoms with Gasteiger partial charge in [-0.1, -0.05) is 74.5 Å². The Morgan fingerprint density at radius 1 is 0.541 bits per heavy atom. The first-order valence-electron chi connectivity index (χ1n) is 11.4. The molecule has 7 heteroatoms. The van der Waals surface area contributed by atoms with E-state index in [-0.39, 0.29) is 37.7 Å². The molecule has 0 amide bonds. The molecule has 2 atom stereocenters. The van der Waals surface area contributed by atoms with Crippen LogP contribution < -0.4 is 19.7 Å². The van der Waals surface area contributed by atoms with Gasteiger partial charge < -0.3 is 29.3 Å². The van der Waals surface area contributed by atoms with Gasteiger partial charge in [0.2, 0.25) is 0 Å². The Morgan fingerprint density at radius 2 is 0.865 bits per heavy atom. The molecule has 4 aromatic rings. The Kier molecular flexibility index (Phi) is 12.2. The summed E-state index contributed by atoms with van der Waals surface area (Å²) in [5.74, 6) is -0.808. The van der Waals surface area contributed by atoms with Crippen LogP contribution in [0.3, 0.4) is 0 Å². The largest absolute Gasteiger partial charge is 2.00 e. The topological polar surface area (TPSA) is 98.7 Å². The van der Waals surface area contributed by atoms with Crippen LogP contribution >= 0.6 is 0 Å². The number of rotatable bonds is 8. The van der Waals surface area contributed by atoms with Crippen molar-refractivity contribution in [1.29, 1.82) is 0 Å². The van der Waals surface area contributed by atoms with Gasteiger partial charge in [0.1, 0.15) is 23.0 Å². The molecule has 0 aromatic heterocycles. The second kappa shape index (κ2) is 15.1. The van der Waals surface area contributed by atoms with Crippen LogP contribution in [0.25, 0.3) is 0 Å². The molecule has 0 N–H and O–H groups in total. The van der Waals surface area contributed by atoms with Crippen molar-refractivity contribution in [2.45, 2.75) is 25.7 Å². The summed E-state index contributed by atoms with van der Waals surface area (Å²) in [6.07, 6.45) is 0. The molecule has 0 radical (unpaired) electrons. The van der Waals surface area contributed by atoms with E-state index >= 15 is 0 Å². The molecular weight excluding hydrogens is 496 g/mol. The fourth-order valence-corrected chi connectivity index (χ4v) is 3.22. The Balaban J connectivity index is 0.000000253. The zero-order valence-electron chi connectivity index (χ0n) is 20.7. The number of carboxylic acid groups (broad SMARTS) is 2. The molecule has 184 valence electrons. The minimum Gasteiger partial charge on any atom is -0.550 e. The molecule has 0 saturated carbocycles. The summed E-state index contributed by atoms with van der Waals surface area (Å²) in [7, 11) is 0. The summed E-state index contributed by atoms with van der Waals surface area (Å²) in [6.45, 7) is 3.19. The van der Waals surface area contributed by atoms with E-state index < -0.39 is 23.8 Å². The standard InChI is InChI=1S/2C15H14O3.Ca/c2*1-11(15(16)17)12-6-5-9-14(10-12)18-13-7-3-2-4-8-13;/h2*2-11H,1H3,(H,16,17);/q;;+2/p-2/t2*11-;/m00./s1. The Labute approximate surface area is 246 Å². The maximum atomic E-state index is 10.8. The van der Waals surface area contributed by atoms with Crippen molar-refractivity contribution < 1.29 is 29.3 Å². The molecule has 0 unspecified atom stereocenters. The average Bonchev–Trinajstić information content (AvgIpc) is 2.89. The molecule has 0 aliphatic rings. The van der Waals surface area contributed by atoms with E-state index in [1.54, 1.807) is 62.4 Å². The van der Waals surface area contributed by atoms with Crippen LogP contribution in [0.5, 0.6) is 23.0 Å². The SMILES string of the molecule is C[C@H](C(=O)[O-])c1cccc(Oc2ccccc2)c1.C[C@H](C(=O)[O-])c1cccc(Oc2ccccc2)c1.[Ca+2]. The van der Waals surface area contributed by atoms with Gasteiger partial charge in [-0.15, -0.1) is 0 Å². The van der Waals surface area contributed by atoms with Crippen molar-refractivity contribution in [3.8, 4) is 23.0 Å². The third kappa shape index (κ3) is 9.57. The predicted molar refractivity (Wildman–Crippen MR) is 139 cm³/mol. The third-order valence-electron chi connectivity index (χ3n) is 5.38. The fraction of sp³-hybridized carbons (Fsp3) is 0.133. The van der Waals surface area contributed by atoms with Gasteiger partial charge in [0.05, 0.1) is 0 Å². The maximum absolute atomic E-state index is 10.8. The molecular formula is C30H26CaO6. The summed E-state index contributed by atoms with van der Waals surface area (Å²) >= 11 is 0. The third-order valence-corrected chi connectivity index (χ3v) is 5.38. The number of carbonyl (C=O) groups is 2. The van der Waals surface area contributed by atoms with Crippen LogP contribution in [-0.2, 0) is 9.59 Å². The normalized spacial score (nSPS) is 11.5. The predicted octanol–water partition coefficient (Wildman–Crippen LogP) is 4.28. The number of carboxylic acids is 2. The maximum Gasteiger partial charge on any atom is 2.00 e. The van der Waals surface area contributed by atoms with Crippen molar-refractivity contribution in [1.82, 2.24) is 0 Å². The molecule has 0 spiro atoms. The summed E-state index contributed by atoms with van der Waals surface area (Å²) in [5, 5.41) is 21.6. The van der Waals surface area contributed by atoms with Crippen LogP contribution in [0.15, 0.2) is 109 Å². The second-order valence-corrected chi connectivity index (χ2v) is 8.06. The van der Waals surface area contributed by atoms with E-state index in [1.807, 2.05) is 60.7 Å². The Morgan fingerprint density at radius 3 is 1.19 bits per heavy atom. The van der Waals surface area contributed by atoms with Gasteiger partial charge in [-0.05, 0) is 59.7 Å². The molecule has 0 aliphatic carbocycles. The second-order valence-electron chi connectivity index (χ2n) is 8.06. The number of benzene rings is 4. The molecule has 37 heavy (non-hydrogen) atoms. The molecule has 0 fully saturated rings. The molecule has 0 bridgehead atoms. The zero-order valence-corrected chi connectivity index (χ0v) is 22.9. The van der Waals surface area contributed by atoms with E-state index in [0.717, 1.165) is 11.5 Å². The molecule has 4 rings (SSSR count). The van der Waals surface area contributed by atoms with Crippen molar-refractivity contribution in [3.05, 3.63) is 120 Å². The van der Waals surface area contributed by atoms with Crippen molar-refractivity contribution >= 4 is 49.7 Å².